The molecule has 2 aromatic heterocycles. The van der Waals surface area contributed by atoms with Gasteiger partial charge in [0.25, 0.3) is 0 Å². The molecule has 8 nitrogen and oxygen atoms in total. The van der Waals surface area contributed by atoms with Crippen molar-refractivity contribution in [3.63, 3.8) is 0 Å². The van der Waals surface area contributed by atoms with E-state index in [-0.39, 0.29) is 18.9 Å². The summed E-state index contributed by atoms with van der Waals surface area (Å²) in [5.74, 6) is 0.889. The van der Waals surface area contributed by atoms with Crippen molar-refractivity contribution in [2.45, 2.75) is 46.5 Å². The standard InChI is InChI=1S/C22H26F3N5O3/c1-13-10-19(22(23,24)25)28-29(13)9-8-20(31)26-21-14(2)27-30(15(21)3)12-16-6-7-17(32-4)18(11-16)33-5/h6-7,10-11H,8-9,12H2,1-5H3,(H,26,31). The highest BCUT2D eigenvalue weighted by Crippen LogP contribution is 2.29. The van der Waals surface area contributed by atoms with Gasteiger partial charge < -0.3 is 14.8 Å². The minimum absolute atomic E-state index is 0.0282. The van der Waals surface area contributed by atoms with Crippen molar-refractivity contribution in [2.24, 2.45) is 0 Å². The largest absolute Gasteiger partial charge is 0.493 e. The van der Waals surface area contributed by atoms with E-state index in [4.69, 9.17) is 9.47 Å². The molecule has 0 unspecified atom stereocenters. The quantitative estimate of drug-likeness (QED) is 0.541. The molecule has 0 saturated heterocycles. The molecular formula is C22H26F3N5O3. The Labute approximate surface area is 189 Å². The highest BCUT2D eigenvalue weighted by atomic mass is 19.4. The number of benzene rings is 1. The first-order chi connectivity index (χ1) is 15.5. The lowest BCUT2D eigenvalue weighted by Crippen LogP contribution is -2.17. The second-order valence-corrected chi connectivity index (χ2v) is 7.58. The van der Waals surface area contributed by atoms with Crippen LogP contribution in [0, 0.1) is 20.8 Å². The summed E-state index contributed by atoms with van der Waals surface area (Å²) in [4.78, 5) is 12.5. The first-order valence-electron chi connectivity index (χ1n) is 10.2. The molecule has 178 valence electrons. The molecule has 0 spiro atoms. The van der Waals surface area contributed by atoms with Gasteiger partial charge in [-0.1, -0.05) is 6.07 Å². The topological polar surface area (TPSA) is 83.2 Å². The SMILES string of the molecule is COc1ccc(Cn2nc(C)c(NC(=O)CCn3nc(C(F)(F)F)cc3C)c2C)cc1OC. The summed E-state index contributed by atoms with van der Waals surface area (Å²) in [7, 11) is 3.13. The highest BCUT2D eigenvalue weighted by molar-refractivity contribution is 5.91. The van der Waals surface area contributed by atoms with E-state index >= 15 is 0 Å². The average molecular weight is 465 g/mol. The van der Waals surface area contributed by atoms with Gasteiger partial charge in [-0.05, 0) is 44.5 Å². The van der Waals surface area contributed by atoms with E-state index in [2.05, 4.69) is 15.5 Å². The molecule has 1 amide bonds. The minimum Gasteiger partial charge on any atom is -0.493 e. The van der Waals surface area contributed by atoms with E-state index in [0.29, 0.717) is 35.1 Å². The molecule has 0 aliphatic heterocycles. The zero-order valence-corrected chi connectivity index (χ0v) is 19.1. The lowest BCUT2D eigenvalue weighted by molar-refractivity contribution is -0.141. The molecule has 3 aromatic rings. The summed E-state index contributed by atoms with van der Waals surface area (Å²) in [6.07, 6.45) is -4.55. The molecular weight excluding hydrogens is 439 g/mol. The molecule has 0 bridgehead atoms. The number of hydrogen-bond donors (Lipinski definition) is 1. The van der Waals surface area contributed by atoms with Crippen molar-refractivity contribution in [3.8, 4) is 11.5 Å². The monoisotopic (exact) mass is 465 g/mol. The van der Waals surface area contributed by atoms with E-state index in [9.17, 15) is 18.0 Å². The fourth-order valence-corrected chi connectivity index (χ4v) is 3.47. The maximum absolute atomic E-state index is 12.8. The number of hydrogen-bond acceptors (Lipinski definition) is 5. The Kier molecular flexibility index (Phi) is 6.99. The number of carbonyl (C=O) groups is 1. The Morgan fingerprint density at radius 2 is 1.73 bits per heavy atom. The van der Waals surface area contributed by atoms with Crippen LogP contribution in [0.15, 0.2) is 24.3 Å². The summed E-state index contributed by atoms with van der Waals surface area (Å²) in [6.45, 7) is 5.62. The molecule has 3 rings (SSSR count). The number of methoxy groups -OCH3 is 2. The molecule has 0 radical (unpaired) electrons. The van der Waals surface area contributed by atoms with E-state index < -0.39 is 11.9 Å². The second kappa shape index (κ2) is 9.55. The Morgan fingerprint density at radius 1 is 1.03 bits per heavy atom. The van der Waals surface area contributed by atoms with E-state index in [1.165, 1.54) is 11.6 Å². The Hall–Kier alpha value is -3.50. The third-order valence-corrected chi connectivity index (χ3v) is 5.25. The summed E-state index contributed by atoms with van der Waals surface area (Å²) in [5.41, 5.74) is 2.27. The summed E-state index contributed by atoms with van der Waals surface area (Å²) >= 11 is 0. The molecule has 2 heterocycles. The average Bonchev–Trinajstić information content (AvgIpc) is 3.26. The van der Waals surface area contributed by atoms with Crippen LogP contribution in [0.3, 0.4) is 0 Å². The predicted octanol–water partition coefficient (Wildman–Crippen LogP) is 4.12. The van der Waals surface area contributed by atoms with Crippen LogP contribution in [0.5, 0.6) is 11.5 Å². The van der Waals surface area contributed by atoms with Gasteiger partial charge in [0, 0.05) is 18.7 Å². The van der Waals surface area contributed by atoms with E-state index in [1.54, 1.807) is 25.8 Å². The molecule has 11 heteroatoms. The van der Waals surface area contributed by atoms with Crippen LogP contribution in [-0.4, -0.2) is 39.7 Å². The number of aryl methyl sites for hydroxylation is 3. The van der Waals surface area contributed by atoms with Gasteiger partial charge in [0.1, 0.15) is 0 Å². The van der Waals surface area contributed by atoms with Crippen molar-refractivity contribution in [1.29, 1.82) is 0 Å². The molecule has 33 heavy (non-hydrogen) atoms. The molecule has 0 atom stereocenters. The lowest BCUT2D eigenvalue weighted by Gasteiger charge is -2.11. The maximum Gasteiger partial charge on any atom is 0.435 e. The van der Waals surface area contributed by atoms with Crippen molar-refractivity contribution < 1.29 is 27.4 Å². The minimum atomic E-state index is -4.52. The fraction of sp³-hybridized carbons (Fsp3) is 0.409. The molecule has 0 saturated carbocycles. The second-order valence-electron chi connectivity index (χ2n) is 7.58. The number of rotatable bonds is 8. The third kappa shape index (κ3) is 5.47. The van der Waals surface area contributed by atoms with E-state index in [1.807, 2.05) is 25.1 Å². The van der Waals surface area contributed by atoms with Crippen LogP contribution in [-0.2, 0) is 24.1 Å². The van der Waals surface area contributed by atoms with E-state index in [0.717, 1.165) is 17.3 Å². The highest BCUT2D eigenvalue weighted by Gasteiger charge is 2.34. The zero-order valence-electron chi connectivity index (χ0n) is 19.1. The molecule has 0 aliphatic carbocycles. The number of nitrogens with zero attached hydrogens (tertiary/aromatic N) is 4. The molecule has 0 fully saturated rings. The third-order valence-electron chi connectivity index (χ3n) is 5.25. The summed E-state index contributed by atoms with van der Waals surface area (Å²) in [5, 5.41) is 10.9. The number of nitrogens with one attached hydrogen (secondary N) is 1. The van der Waals surface area contributed by atoms with Crippen LogP contribution < -0.4 is 14.8 Å². The van der Waals surface area contributed by atoms with Crippen molar-refractivity contribution in [3.05, 3.63) is 52.6 Å². The Morgan fingerprint density at radius 3 is 2.33 bits per heavy atom. The smallest absolute Gasteiger partial charge is 0.435 e. The van der Waals surface area contributed by atoms with Gasteiger partial charge in [-0.15, -0.1) is 0 Å². The van der Waals surface area contributed by atoms with Crippen LogP contribution in [0.4, 0.5) is 18.9 Å². The van der Waals surface area contributed by atoms with Gasteiger partial charge >= 0.3 is 6.18 Å². The van der Waals surface area contributed by atoms with Gasteiger partial charge in [0.15, 0.2) is 17.2 Å². The van der Waals surface area contributed by atoms with Crippen LogP contribution in [0.25, 0.3) is 0 Å². The zero-order chi connectivity index (χ0) is 24.3. The summed E-state index contributed by atoms with van der Waals surface area (Å²) in [6, 6.07) is 6.53. The number of aromatic nitrogens is 4. The number of halogens is 3. The molecule has 1 aromatic carbocycles. The van der Waals surface area contributed by atoms with Crippen molar-refractivity contribution >= 4 is 11.6 Å². The normalized spacial score (nSPS) is 11.5. The number of anilines is 1. The maximum atomic E-state index is 12.8. The van der Waals surface area contributed by atoms with Gasteiger partial charge in [0.05, 0.1) is 37.8 Å². The number of alkyl halides is 3. The lowest BCUT2D eigenvalue weighted by atomic mass is 10.2. The Balaban J connectivity index is 1.68. The first kappa shape index (κ1) is 24.1. The predicted molar refractivity (Wildman–Crippen MR) is 116 cm³/mol. The van der Waals surface area contributed by atoms with Crippen LogP contribution >= 0.6 is 0 Å². The van der Waals surface area contributed by atoms with Crippen LogP contribution in [0.2, 0.25) is 0 Å². The van der Waals surface area contributed by atoms with Gasteiger partial charge in [-0.2, -0.15) is 23.4 Å². The number of amides is 1. The number of ether oxygens (including phenoxy) is 2. The van der Waals surface area contributed by atoms with Gasteiger partial charge in [-0.25, -0.2) is 0 Å². The number of carbonyl (C=O) groups excluding carboxylic acids is 1. The van der Waals surface area contributed by atoms with Crippen LogP contribution in [0.1, 0.15) is 34.8 Å². The Bertz CT molecular complexity index is 1150. The molecule has 0 aliphatic rings. The first-order valence-corrected chi connectivity index (χ1v) is 10.2. The summed E-state index contributed by atoms with van der Waals surface area (Å²) < 4.78 is 52.0. The fourth-order valence-electron chi connectivity index (χ4n) is 3.47. The van der Waals surface area contributed by atoms with Crippen molar-refractivity contribution in [2.75, 3.05) is 19.5 Å². The van der Waals surface area contributed by atoms with Gasteiger partial charge in [0.2, 0.25) is 5.91 Å². The molecule has 1 N–H and O–H groups in total. The van der Waals surface area contributed by atoms with Crippen molar-refractivity contribution in [1.82, 2.24) is 19.6 Å². The van der Waals surface area contributed by atoms with Gasteiger partial charge in [-0.3, -0.25) is 14.2 Å².